The van der Waals surface area contributed by atoms with Gasteiger partial charge in [-0.05, 0) is 67.3 Å². The van der Waals surface area contributed by atoms with E-state index < -0.39 is 0 Å². The van der Waals surface area contributed by atoms with Crippen molar-refractivity contribution in [3.63, 3.8) is 0 Å². The molecule has 35 heavy (non-hydrogen) atoms. The summed E-state index contributed by atoms with van der Waals surface area (Å²) in [7, 11) is 0. The fourth-order valence-electron chi connectivity index (χ4n) is 4.34. The maximum absolute atomic E-state index is 13.1. The second kappa shape index (κ2) is 10.9. The molecule has 0 aliphatic carbocycles. The third-order valence-corrected chi connectivity index (χ3v) is 7.81. The van der Waals surface area contributed by atoms with Gasteiger partial charge in [0, 0.05) is 47.6 Å². The highest BCUT2D eigenvalue weighted by molar-refractivity contribution is 7.15. The number of ether oxygens (including phenoxy) is 2. The first-order valence-corrected chi connectivity index (χ1v) is 13.2. The van der Waals surface area contributed by atoms with Gasteiger partial charge >= 0.3 is 0 Å². The fraction of sp³-hybridized carbons (Fsp3) is 0.393. The third kappa shape index (κ3) is 5.93. The average molecular weight is 492 g/mol. The van der Waals surface area contributed by atoms with Gasteiger partial charge in [-0.3, -0.25) is 4.79 Å². The number of carbonyl (C=O) groups is 1. The van der Waals surface area contributed by atoms with Gasteiger partial charge in [0.1, 0.15) is 11.9 Å². The van der Waals surface area contributed by atoms with Crippen molar-refractivity contribution in [2.75, 3.05) is 26.3 Å². The monoisotopic (exact) mass is 491 g/mol. The Morgan fingerprint density at radius 2 is 2.09 bits per heavy atom. The number of thiophene rings is 1. The van der Waals surface area contributed by atoms with Crippen LogP contribution in [0.4, 0.5) is 0 Å². The van der Waals surface area contributed by atoms with E-state index in [0.29, 0.717) is 11.6 Å². The Hall–Kier alpha value is -2.71. The minimum Gasteiger partial charge on any atom is -0.488 e. The van der Waals surface area contributed by atoms with Crippen LogP contribution in [0.1, 0.15) is 45.7 Å². The lowest BCUT2D eigenvalue weighted by molar-refractivity contribution is 0.0937. The Morgan fingerprint density at radius 1 is 1.20 bits per heavy atom. The lowest BCUT2D eigenvalue weighted by atomic mass is 10.0. The molecule has 2 atom stereocenters. The zero-order valence-corrected chi connectivity index (χ0v) is 21.1. The van der Waals surface area contributed by atoms with Crippen LogP contribution in [0.2, 0.25) is 0 Å². The van der Waals surface area contributed by atoms with E-state index in [0.717, 1.165) is 56.1 Å². The summed E-state index contributed by atoms with van der Waals surface area (Å²) in [6.45, 7) is 8.20. The predicted octanol–water partition coefficient (Wildman–Crippen LogP) is 4.44. The molecule has 184 valence electrons. The average Bonchev–Trinajstić information content (AvgIpc) is 3.53. The molecule has 1 aromatic heterocycles. The molecule has 7 heteroatoms. The molecule has 2 saturated heterocycles. The van der Waals surface area contributed by atoms with Gasteiger partial charge in [-0.25, -0.2) is 0 Å². The summed E-state index contributed by atoms with van der Waals surface area (Å²) in [6.07, 6.45) is 1.26. The minimum absolute atomic E-state index is 0.0852. The van der Waals surface area contributed by atoms with Gasteiger partial charge in [0.15, 0.2) is 0 Å². The van der Waals surface area contributed by atoms with E-state index in [-0.39, 0.29) is 18.1 Å². The molecule has 0 saturated carbocycles. The van der Waals surface area contributed by atoms with E-state index in [9.17, 15) is 4.79 Å². The molecular formula is C28H33N3O3S. The van der Waals surface area contributed by atoms with E-state index in [1.165, 1.54) is 15.3 Å². The second-order valence-corrected chi connectivity index (χ2v) is 10.6. The molecule has 1 amide bonds. The molecule has 3 N–H and O–H groups in total. The Kier molecular flexibility index (Phi) is 7.48. The smallest absolute Gasteiger partial charge is 0.252 e. The van der Waals surface area contributed by atoms with Crippen molar-refractivity contribution >= 4 is 17.2 Å². The maximum Gasteiger partial charge on any atom is 0.252 e. The van der Waals surface area contributed by atoms with Crippen molar-refractivity contribution in [2.45, 2.75) is 45.0 Å². The van der Waals surface area contributed by atoms with Crippen LogP contribution in [0.3, 0.4) is 0 Å². The van der Waals surface area contributed by atoms with Crippen molar-refractivity contribution in [3.8, 4) is 16.2 Å². The van der Waals surface area contributed by atoms with Crippen LogP contribution in [0.15, 0.2) is 54.6 Å². The molecule has 2 aromatic carbocycles. The van der Waals surface area contributed by atoms with Gasteiger partial charge in [-0.2, -0.15) is 0 Å². The van der Waals surface area contributed by atoms with Crippen LogP contribution < -0.4 is 20.7 Å². The molecule has 2 fully saturated rings. The Labute approximate surface area is 211 Å². The van der Waals surface area contributed by atoms with E-state index in [1.54, 1.807) is 11.3 Å². The van der Waals surface area contributed by atoms with Crippen molar-refractivity contribution in [1.29, 1.82) is 0 Å². The normalized spacial score (nSPS) is 18.7. The number of benzene rings is 2. The largest absolute Gasteiger partial charge is 0.488 e. The molecule has 2 aliphatic heterocycles. The lowest BCUT2D eigenvalue weighted by Gasteiger charge is -2.28. The van der Waals surface area contributed by atoms with Gasteiger partial charge in [-0.15, -0.1) is 11.3 Å². The first-order valence-electron chi connectivity index (χ1n) is 12.3. The second-order valence-electron chi connectivity index (χ2n) is 9.40. The maximum atomic E-state index is 13.1. The van der Waals surface area contributed by atoms with Gasteiger partial charge in [0.2, 0.25) is 0 Å². The molecule has 6 nitrogen and oxygen atoms in total. The number of carbonyl (C=O) groups excluding carboxylic acids is 1. The van der Waals surface area contributed by atoms with E-state index in [4.69, 9.17) is 9.47 Å². The number of hydrogen-bond donors (Lipinski definition) is 3. The van der Waals surface area contributed by atoms with Crippen molar-refractivity contribution < 1.29 is 14.3 Å². The zero-order valence-electron chi connectivity index (χ0n) is 20.3. The highest BCUT2D eigenvalue weighted by Crippen LogP contribution is 2.30. The molecule has 5 rings (SSSR count). The summed E-state index contributed by atoms with van der Waals surface area (Å²) in [5, 5.41) is 9.95. The summed E-state index contributed by atoms with van der Waals surface area (Å²) < 4.78 is 11.4. The van der Waals surface area contributed by atoms with E-state index >= 15 is 0 Å². The first-order chi connectivity index (χ1) is 17.0. The standard InChI is InChI=1S/C28H33N3O3S/c1-18-6-7-23(34-24-14-29-15-24)13-26(18)28(32)31-19(2)20-4-3-5-21(12-20)27-9-8-25(35-27)16-30-22-10-11-33-17-22/h3-9,12-13,19,22,24,29-30H,10-11,14-17H2,1-2H3,(H,31,32)/t19-,22?/m1/s1. The van der Waals surface area contributed by atoms with Gasteiger partial charge in [0.25, 0.3) is 5.91 Å². The van der Waals surface area contributed by atoms with Crippen LogP contribution in [-0.4, -0.2) is 44.4 Å². The van der Waals surface area contributed by atoms with Gasteiger partial charge in [0.05, 0.1) is 12.6 Å². The lowest BCUT2D eigenvalue weighted by Crippen LogP contribution is -2.50. The summed E-state index contributed by atoms with van der Waals surface area (Å²) in [5.74, 6) is 0.656. The van der Waals surface area contributed by atoms with Crippen molar-refractivity contribution in [2.24, 2.45) is 0 Å². The number of rotatable bonds is 9. The molecule has 1 unspecified atom stereocenters. The van der Waals surface area contributed by atoms with Gasteiger partial charge in [-0.1, -0.05) is 24.3 Å². The molecular weight excluding hydrogens is 458 g/mol. The minimum atomic E-state index is -0.120. The number of amides is 1. The highest BCUT2D eigenvalue weighted by atomic mass is 32.1. The third-order valence-electron chi connectivity index (χ3n) is 6.68. The molecule has 3 heterocycles. The van der Waals surface area contributed by atoms with Crippen LogP contribution in [-0.2, 0) is 11.3 Å². The van der Waals surface area contributed by atoms with Crippen molar-refractivity contribution in [3.05, 3.63) is 76.2 Å². The molecule has 0 radical (unpaired) electrons. The Balaban J connectivity index is 1.23. The first kappa shape index (κ1) is 24.0. The summed E-state index contributed by atoms with van der Waals surface area (Å²) in [6, 6.07) is 18.9. The van der Waals surface area contributed by atoms with Crippen LogP contribution in [0.25, 0.3) is 10.4 Å². The molecule has 0 spiro atoms. The SMILES string of the molecule is Cc1ccc(OC2CNC2)cc1C(=O)N[C@H](C)c1cccc(-c2ccc(CNC3CCOC3)s2)c1. The summed E-state index contributed by atoms with van der Waals surface area (Å²) in [5.41, 5.74) is 3.84. The number of nitrogens with one attached hydrogen (secondary N) is 3. The number of hydrogen-bond acceptors (Lipinski definition) is 6. The molecule has 3 aromatic rings. The highest BCUT2D eigenvalue weighted by Gasteiger charge is 2.20. The van der Waals surface area contributed by atoms with Gasteiger partial charge < -0.3 is 25.4 Å². The molecule has 2 aliphatic rings. The Morgan fingerprint density at radius 3 is 2.86 bits per heavy atom. The van der Waals surface area contributed by atoms with Crippen LogP contribution >= 0.6 is 11.3 Å². The van der Waals surface area contributed by atoms with Crippen LogP contribution in [0.5, 0.6) is 5.75 Å². The topological polar surface area (TPSA) is 71.6 Å². The fourth-order valence-corrected chi connectivity index (χ4v) is 5.30. The number of aryl methyl sites for hydroxylation is 1. The van der Waals surface area contributed by atoms with E-state index in [2.05, 4.69) is 52.3 Å². The van der Waals surface area contributed by atoms with E-state index in [1.807, 2.05) is 32.0 Å². The molecule has 0 bridgehead atoms. The Bertz CT molecular complexity index is 1170. The quantitative estimate of drug-likeness (QED) is 0.413. The summed E-state index contributed by atoms with van der Waals surface area (Å²) in [4.78, 5) is 15.7. The summed E-state index contributed by atoms with van der Waals surface area (Å²) >= 11 is 1.81. The van der Waals surface area contributed by atoms with Crippen LogP contribution in [0, 0.1) is 6.92 Å². The zero-order chi connectivity index (χ0) is 24.2. The predicted molar refractivity (Wildman–Crippen MR) is 140 cm³/mol. The van der Waals surface area contributed by atoms with Crippen molar-refractivity contribution in [1.82, 2.24) is 16.0 Å².